The highest BCUT2D eigenvalue weighted by Crippen LogP contribution is 2.29. The zero-order valence-corrected chi connectivity index (χ0v) is 15.8. The molecule has 0 atom stereocenters. The first-order valence-corrected chi connectivity index (χ1v) is 9.36. The second-order valence-corrected chi connectivity index (χ2v) is 6.84. The molecule has 5 nitrogen and oxygen atoms in total. The first kappa shape index (κ1) is 18.8. The summed E-state index contributed by atoms with van der Waals surface area (Å²) in [5, 5.41) is 10.0. The molecule has 146 valence electrons. The molecule has 1 heterocycles. The summed E-state index contributed by atoms with van der Waals surface area (Å²) >= 11 is 0. The number of hydrogen-bond donors (Lipinski definition) is 2. The largest absolute Gasteiger partial charge is 0.488 e. The van der Waals surface area contributed by atoms with Crippen LogP contribution in [0.5, 0.6) is 5.75 Å². The number of furan rings is 1. The first-order valence-electron chi connectivity index (χ1n) is 9.36. The van der Waals surface area contributed by atoms with E-state index in [4.69, 9.17) is 20.0 Å². The van der Waals surface area contributed by atoms with Crippen LogP contribution in [0, 0.1) is 0 Å². The van der Waals surface area contributed by atoms with Crippen LogP contribution in [0.3, 0.4) is 0 Å². The molecular formula is C24H21NO4. The zero-order chi connectivity index (χ0) is 20.2. The van der Waals surface area contributed by atoms with Gasteiger partial charge in [0.2, 0.25) is 0 Å². The van der Waals surface area contributed by atoms with Crippen molar-refractivity contribution >= 4 is 16.9 Å². The average molecular weight is 387 g/mol. The molecule has 0 bridgehead atoms. The third-order valence-electron chi connectivity index (χ3n) is 4.85. The Morgan fingerprint density at radius 1 is 0.966 bits per heavy atom. The van der Waals surface area contributed by atoms with Crippen LogP contribution in [0.4, 0.5) is 0 Å². The van der Waals surface area contributed by atoms with Gasteiger partial charge in [0.05, 0.1) is 12.7 Å². The standard InChI is InChI=1S/C24H21NO4/c25-13-16-4-3-6-17(10-16)18-8-9-21-20(15-29-23(21)11-18)14-28-22-7-2-1-5-19(22)12-24(26)27/h1-11,15H,12-14,25H2,(H,26,27). The third kappa shape index (κ3) is 4.15. The van der Waals surface area contributed by atoms with Crippen LogP contribution in [0.25, 0.3) is 22.1 Å². The maximum atomic E-state index is 11.0. The molecule has 0 saturated heterocycles. The van der Waals surface area contributed by atoms with Gasteiger partial charge < -0.3 is 20.0 Å². The summed E-state index contributed by atoms with van der Waals surface area (Å²) < 4.78 is 11.7. The quantitative estimate of drug-likeness (QED) is 0.477. The van der Waals surface area contributed by atoms with Gasteiger partial charge in [-0.1, -0.05) is 48.5 Å². The molecule has 5 heteroatoms. The number of fused-ring (bicyclic) bond motifs is 1. The van der Waals surface area contributed by atoms with Crippen molar-refractivity contribution in [1.82, 2.24) is 0 Å². The number of carboxylic acid groups (broad SMARTS) is 1. The number of aliphatic carboxylic acids is 1. The number of hydrogen-bond acceptors (Lipinski definition) is 4. The molecule has 29 heavy (non-hydrogen) atoms. The Morgan fingerprint density at radius 2 is 1.79 bits per heavy atom. The van der Waals surface area contributed by atoms with Crippen molar-refractivity contribution in [2.24, 2.45) is 5.73 Å². The summed E-state index contributed by atoms with van der Waals surface area (Å²) in [6.45, 7) is 0.799. The summed E-state index contributed by atoms with van der Waals surface area (Å²) in [5.74, 6) is -0.319. The summed E-state index contributed by atoms with van der Waals surface area (Å²) in [5.41, 5.74) is 11.3. The third-order valence-corrected chi connectivity index (χ3v) is 4.85. The molecule has 0 aliphatic rings. The number of carboxylic acids is 1. The highest BCUT2D eigenvalue weighted by Gasteiger charge is 2.11. The molecule has 0 amide bonds. The monoisotopic (exact) mass is 387 g/mol. The van der Waals surface area contributed by atoms with Gasteiger partial charge in [0, 0.05) is 23.1 Å². The second-order valence-electron chi connectivity index (χ2n) is 6.84. The molecule has 0 unspecified atom stereocenters. The van der Waals surface area contributed by atoms with E-state index in [1.165, 1.54) is 0 Å². The predicted molar refractivity (Wildman–Crippen MR) is 112 cm³/mol. The Balaban J connectivity index is 1.56. The molecule has 0 aliphatic carbocycles. The van der Waals surface area contributed by atoms with Crippen LogP contribution in [0.2, 0.25) is 0 Å². The summed E-state index contributed by atoms with van der Waals surface area (Å²) in [4.78, 5) is 11.0. The van der Waals surface area contributed by atoms with E-state index in [0.29, 0.717) is 24.5 Å². The van der Waals surface area contributed by atoms with Crippen molar-refractivity contribution in [1.29, 1.82) is 0 Å². The van der Waals surface area contributed by atoms with E-state index >= 15 is 0 Å². The number of para-hydroxylation sites is 1. The molecule has 0 aliphatic heterocycles. The summed E-state index contributed by atoms with van der Waals surface area (Å²) in [6, 6.07) is 21.4. The van der Waals surface area contributed by atoms with Crippen molar-refractivity contribution in [3.8, 4) is 16.9 Å². The average Bonchev–Trinajstić information content (AvgIpc) is 3.15. The number of ether oxygens (including phenoxy) is 1. The normalized spacial score (nSPS) is 10.9. The molecule has 0 radical (unpaired) electrons. The van der Waals surface area contributed by atoms with Crippen LogP contribution in [0.15, 0.2) is 77.4 Å². The van der Waals surface area contributed by atoms with E-state index in [0.717, 1.165) is 33.2 Å². The van der Waals surface area contributed by atoms with Crippen molar-refractivity contribution in [2.45, 2.75) is 19.6 Å². The summed E-state index contributed by atoms with van der Waals surface area (Å²) in [6.07, 6.45) is 1.61. The van der Waals surface area contributed by atoms with Gasteiger partial charge in [-0.2, -0.15) is 0 Å². The minimum atomic E-state index is -0.888. The van der Waals surface area contributed by atoms with Gasteiger partial charge in [0.1, 0.15) is 17.9 Å². The smallest absolute Gasteiger partial charge is 0.307 e. The Bertz CT molecular complexity index is 1160. The van der Waals surface area contributed by atoms with E-state index < -0.39 is 5.97 Å². The van der Waals surface area contributed by atoms with Crippen molar-refractivity contribution in [3.63, 3.8) is 0 Å². The van der Waals surface area contributed by atoms with E-state index in [1.54, 1.807) is 24.5 Å². The lowest BCUT2D eigenvalue weighted by molar-refractivity contribution is -0.136. The predicted octanol–water partition coefficient (Wildman–Crippen LogP) is 4.76. The van der Waals surface area contributed by atoms with Gasteiger partial charge in [-0.25, -0.2) is 0 Å². The summed E-state index contributed by atoms with van der Waals surface area (Å²) in [7, 11) is 0. The fourth-order valence-electron chi connectivity index (χ4n) is 3.36. The Labute approximate surface area is 168 Å². The lowest BCUT2D eigenvalue weighted by atomic mass is 10.0. The molecule has 3 aromatic carbocycles. The fourth-order valence-corrected chi connectivity index (χ4v) is 3.36. The minimum Gasteiger partial charge on any atom is -0.488 e. The number of benzene rings is 3. The Morgan fingerprint density at radius 3 is 2.62 bits per heavy atom. The van der Waals surface area contributed by atoms with Crippen LogP contribution in [0.1, 0.15) is 16.7 Å². The topological polar surface area (TPSA) is 85.7 Å². The number of nitrogens with two attached hydrogens (primary N) is 1. The van der Waals surface area contributed by atoms with Crippen molar-refractivity contribution < 1.29 is 19.1 Å². The molecule has 0 spiro atoms. The second kappa shape index (κ2) is 8.20. The molecule has 3 N–H and O–H groups in total. The Kier molecular flexibility index (Phi) is 5.31. The molecule has 4 rings (SSSR count). The van der Waals surface area contributed by atoms with Gasteiger partial charge in [-0.3, -0.25) is 4.79 Å². The van der Waals surface area contributed by atoms with E-state index in [-0.39, 0.29) is 6.42 Å². The van der Waals surface area contributed by atoms with Crippen LogP contribution < -0.4 is 10.5 Å². The van der Waals surface area contributed by atoms with Gasteiger partial charge >= 0.3 is 5.97 Å². The van der Waals surface area contributed by atoms with Crippen molar-refractivity contribution in [3.05, 3.63) is 89.7 Å². The van der Waals surface area contributed by atoms with Gasteiger partial charge in [0.15, 0.2) is 0 Å². The van der Waals surface area contributed by atoms with Crippen LogP contribution in [-0.2, 0) is 24.4 Å². The van der Waals surface area contributed by atoms with Gasteiger partial charge in [0.25, 0.3) is 0 Å². The molecule has 0 fully saturated rings. The van der Waals surface area contributed by atoms with Crippen LogP contribution >= 0.6 is 0 Å². The van der Waals surface area contributed by atoms with E-state index in [2.05, 4.69) is 12.1 Å². The molecule has 0 saturated carbocycles. The highest BCUT2D eigenvalue weighted by atomic mass is 16.5. The van der Waals surface area contributed by atoms with E-state index in [1.807, 2.05) is 36.4 Å². The van der Waals surface area contributed by atoms with E-state index in [9.17, 15) is 4.79 Å². The lowest BCUT2D eigenvalue weighted by Crippen LogP contribution is -2.03. The SMILES string of the molecule is NCc1cccc(-c2ccc3c(COc4ccccc4CC(=O)O)coc3c2)c1. The maximum absolute atomic E-state index is 11.0. The zero-order valence-electron chi connectivity index (χ0n) is 15.8. The Hall–Kier alpha value is -3.57. The van der Waals surface area contributed by atoms with Gasteiger partial charge in [-0.15, -0.1) is 0 Å². The lowest BCUT2D eigenvalue weighted by Gasteiger charge is -2.09. The molecule has 1 aromatic heterocycles. The number of carbonyl (C=O) groups is 1. The van der Waals surface area contributed by atoms with Crippen molar-refractivity contribution in [2.75, 3.05) is 0 Å². The van der Waals surface area contributed by atoms with Gasteiger partial charge in [-0.05, 0) is 34.9 Å². The molecule has 4 aromatic rings. The minimum absolute atomic E-state index is 0.0759. The molecular weight excluding hydrogens is 366 g/mol. The number of rotatable bonds is 7. The fraction of sp³-hybridized carbons (Fsp3) is 0.125. The highest BCUT2D eigenvalue weighted by molar-refractivity contribution is 5.86. The maximum Gasteiger partial charge on any atom is 0.307 e. The van der Waals surface area contributed by atoms with Crippen LogP contribution in [-0.4, -0.2) is 11.1 Å². The first-order chi connectivity index (χ1) is 14.1.